The minimum absolute atomic E-state index is 0.0371. The van der Waals surface area contributed by atoms with E-state index in [0.717, 1.165) is 11.1 Å². The highest BCUT2D eigenvalue weighted by molar-refractivity contribution is 9.10. The number of aromatic nitrogens is 1. The van der Waals surface area contributed by atoms with E-state index in [9.17, 15) is 14.9 Å². The van der Waals surface area contributed by atoms with Gasteiger partial charge in [-0.15, -0.1) is 0 Å². The van der Waals surface area contributed by atoms with Crippen molar-refractivity contribution in [3.05, 3.63) is 62.4 Å². The number of fused-ring (bicyclic) bond motifs is 1. The molecule has 2 heterocycles. The first kappa shape index (κ1) is 14.6. The van der Waals surface area contributed by atoms with Crippen molar-refractivity contribution in [2.45, 2.75) is 12.8 Å². The fourth-order valence-corrected chi connectivity index (χ4v) is 3.14. The zero-order valence-corrected chi connectivity index (χ0v) is 13.1. The van der Waals surface area contributed by atoms with Crippen LogP contribution >= 0.6 is 15.9 Å². The van der Waals surface area contributed by atoms with Gasteiger partial charge in [0.2, 0.25) is 5.91 Å². The Kier molecular flexibility index (Phi) is 3.89. The van der Waals surface area contributed by atoms with Gasteiger partial charge in [0.15, 0.2) is 0 Å². The second-order valence-electron chi connectivity index (χ2n) is 5.02. The highest BCUT2D eigenvalue weighted by atomic mass is 79.9. The zero-order valence-electron chi connectivity index (χ0n) is 11.5. The molecule has 2 aromatic rings. The van der Waals surface area contributed by atoms with Crippen molar-refractivity contribution >= 4 is 33.2 Å². The lowest BCUT2D eigenvalue weighted by Gasteiger charge is -2.17. The number of halogens is 1. The Morgan fingerprint density at radius 3 is 2.77 bits per heavy atom. The summed E-state index contributed by atoms with van der Waals surface area (Å²) in [6.07, 6.45) is 4.08. The Hall–Kier alpha value is -2.28. The first-order valence-electron chi connectivity index (χ1n) is 6.72. The van der Waals surface area contributed by atoms with Gasteiger partial charge in [-0.25, -0.2) is 0 Å². The smallest absolute Gasteiger partial charge is 0.294 e. The summed E-state index contributed by atoms with van der Waals surface area (Å²) in [5.74, 6) is -0.143. The van der Waals surface area contributed by atoms with E-state index in [-0.39, 0.29) is 18.0 Å². The number of hydrogen-bond acceptors (Lipinski definition) is 4. The molecule has 0 saturated heterocycles. The minimum atomic E-state index is -0.443. The summed E-state index contributed by atoms with van der Waals surface area (Å²) in [4.78, 5) is 28.8. The minimum Gasteiger partial charge on any atom is -0.306 e. The number of amides is 1. The number of nitro groups is 1. The van der Waals surface area contributed by atoms with Gasteiger partial charge < -0.3 is 4.90 Å². The number of carbonyl (C=O) groups is 1. The van der Waals surface area contributed by atoms with E-state index in [1.807, 2.05) is 6.07 Å². The summed E-state index contributed by atoms with van der Waals surface area (Å²) in [5.41, 5.74) is 2.05. The summed E-state index contributed by atoms with van der Waals surface area (Å²) in [6.45, 7) is 0.469. The first-order valence-corrected chi connectivity index (χ1v) is 7.51. The quantitative estimate of drug-likeness (QED) is 0.622. The lowest BCUT2D eigenvalue weighted by atomic mass is 10.1. The average Bonchev–Trinajstić information content (AvgIpc) is 2.90. The van der Waals surface area contributed by atoms with Crippen LogP contribution in [-0.2, 0) is 17.6 Å². The van der Waals surface area contributed by atoms with Gasteiger partial charge in [0, 0.05) is 29.5 Å². The van der Waals surface area contributed by atoms with Crippen LogP contribution in [0.1, 0.15) is 11.1 Å². The molecule has 0 unspecified atom stereocenters. The summed E-state index contributed by atoms with van der Waals surface area (Å²) in [7, 11) is 0. The third-order valence-corrected chi connectivity index (χ3v) is 4.07. The number of hydrogen-bond donors (Lipinski definition) is 0. The van der Waals surface area contributed by atoms with Gasteiger partial charge in [-0.2, -0.15) is 0 Å². The molecule has 3 rings (SSSR count). The van der Waals surface area contributed by atoms with E-state index in [0.29, 0.717) is 23.1 Å². The second kappa shape index (κ2) is 5.84. The fourth-order valence-electron chi connectivity index (χ4n) is 2.65. The maximum absolute atomic E-state index is 12.5. The Morgan fingerprint density at radius 1 is 1.36 bits per heavy atom. The highest BCUT2D eigenvalue weighted by Gasteiger charge is 2.32. The predicted octanol–water partition coefficient (Wildman–Crippen LogP) is 2.88. The number of carbonyl (C=O) groups excluding carboxylic acids is 1. The van der Waals surface area contributed by atoms with Crippen molar-refractivity contribution < 1.29 is 9.72 Å². The normalized spacial score (nSPS) is 13.0. The maximum Gasteiger partial charge on any atom is 0.294 e. The first-order chi connectivity index (χ1) is 10.6. The number of nitro benzene ring substituents is 1. The van der Waals surface area contributed by atoms with Crippen LogP contribution in [0.15, 0.2) is 41.1 Å². The predicted molar refractivity (Wildman–Crippen MR) is 84.8 cm³/mol. The summed E-state index contributed by atoms with van der Waals surface area (Å²) in [6, 6.07) is 6.81. The van der Waals surface area contributed by atoms with Gasteiger partial charge in [0.1, 0.15) is 5.69 Å². The van der Waals surface area contributed by atoms with Gasteiger partial charge in [-0.3, -0.25) is 19.9 Å². The van der Waals surface area contributed by atoms with Gasteiger partial charge in [-0.05, 0) is 35.7 Å². The summed E-state index contributed by atoms with van der Waals surface area (Å²) in [5, 5.41) is 11.3. The molecule has 0 aliphatic carbocycles. The highest BCUT2D eigenvalue weighted by Crippen LogP contribution is 2.39. The molecular formula is C15H12BrN3O3. The topological polar surface area (TPSA) is 76.3 Å². The van der Waals surface area contributed by atoms with Crippen molar-refractivity contribution in [1.29, 1.82) is 0 Å². The number of anilines is 1. The third kappa shape index (κ3) is 2.71. The van der Waals surface area contributed by atoms with Crippen molar-refractivity contribution in [3.8, 4) is 0 Å². The molecule has 1 aliphatic heterocycles. The van der Waals surface area contributed by atoms with Crippen molar-refractivity contribution in [2.75, 3.05) is 11.4 Å². The molecule has 0 fully saturated rings. The van der Waals surface area contributed by atoms with E-state index in [1.54, 1.807) is 24.5 Å². The SMILES string of the molecule is O=C(Cc1ccncc1)N1CCc2cc(Br)cc([N+](=O)[O-])c21. The van der Waals surface area contributed by atoms with Crippen molar-refractivity contribution in [2.24, 2.45) is 0 Å². The fraction of sp³-hybridized carbons (Fsp3) is 0.200. The van der Waals surface area contributed by atoms with Crippen LogP contribution in [0, 0.1) is 10.1 Å². The van der Waals surface area contributed by atoms with E-state index < -0.39 is 4.92 Å². The van der Waals surface area contributed by atoms with Crippen LogP contribution in [0.5, 0.6) is 0 Å². The number of rotatable bonds is 3. The number of nitrogens with zero attached hydrogens (tertiary/aromatic N) is 3. The molecule has 0 radical (unpaired) electrons. The molecule has 0 saturated carbocycles. The molecule has 1 aromatic carbocycles. The molecule has 7 heteroatoms. The largest absolute Gasteiger partial charge is 0.306 e. The molecule has 0 bridgehead atoms. The molecule has 0 N–H and O–H groups in total. The summed E-state index contributed by atoms with van der Waals surface area (Å²) < 4.78 is 0.654. The molecule has 1 aliphatic rings. The van der Waals surface area contributed by atoms with Crippen molar-refractivity contribution in [1.82, 2.24) is 4.98 Å². The Balaban J connectivity index is 1.94. The Labute approximate surface area is 135 Å². The molecule has 112 valence electrons. The van der Waals surface area contributed by atoms with Crippen LogP contribution < -0.4 is 4.90 Å². The summed E-state index contributed by atoms with van der Waals surface area (Å²) >= 11 is 3.28. The lowest BCUT2D eigenvalue weighted by Crippen LogP contribution is -2.30. The molecule has 22 heavy (non-hydrogen) atoms. The average molecular weight is 362 g/mol. The molecule has 0 spiro atoms. The van der Waals surface area contributed by atoms with Crippen LogP contribution in [0.3, 0.4) is 0 Å². The number of pyridine rings is 1. The third-order valence-electron chi connectivity index (χ3n) is 3.61. The molecule has 1 aromatic heterocycles. The van der Waals surface area contributed by atoms with E-state index in [4.69, 9.17) is 0 Å². The van der Waals surface area contributed by atoms with Gasteiger partial charge >= 0.3 is 0 Å². The van der Waals surface area contributed by atoms with Gasteiger partial charge in [-0.1, -0.05) is 15.9 Å². The van der Waals surface area contributed by atoms with Crippen LogP contribution in [-0.4, -0.2) is 22.4 Å². The maximum atomic E-state index is 12.5. The van der Waals surface area contributed by atoms with Gasteiger partial charge in [0.25, 0.3) is 5.69 Å². The standard InChI is InChI=1S/C15H12BrN3O3/c16-12-8-11-3-6-18(15(11)13(9-12)19(21)22)14(20)7-10-1-4-17-5-2-10/h1-2,4-5,8-9H,3,6-7H2. The van der Waals surface area contributed by atoms with E-state index >= 15 is 0 Å². The monoisotopic (exact) mass is 361 g/mol. The second-order valence-corrected chi connectivity index (χ2v) is 5.93. The zero-order chi connectivity index (χ0) is 15.7. The molecule has 0 atom stereocenters. The van der Waals surface area contributed by atoms with E-state index in [1.165, 1.54) is 11.0 Å². The molecule has 1 amide bonds. The van der Waals surface area contributed by atoms with Crippen LogP contribution in [0.25, 0.3) is 0 Å². The molecule has 6 nitrogen and oxygen atoms in total. The van der Waals surface area contributed by atoms with Crippen molar-refractivity contribution in [3.63, 3.8) is 0 Å². The van der Waals surface area contributed by atoms with Crippen LogP contribution in [0.2, 0.25) is 0 Å². The molecular weight excluding hydrogens is 350 g/mol. The Morgan fingerprint density at radius 2 is 2.09 bits per heavy atom. The lowest BCUT2D eigenvalue weighted by molar-refractivity contribution is -0.384. The number of benzene rings is 1. The Bertz CT molecular complexity index is 749. The van der Waals surface area contributed by atoms with E-state index in [2.05, 4.69) is 20.9 Å². The van der Waals surface area contributed by atoms with Gasteiger partial charge in [0.05, 0.1) is 11.3 Å². The van der Waals surface area contributed by atoms with Crippen LogP contribution in [0.4, 0.5) is 11.4 Å².